The van der Waals surface area contributed by atoms with E-state index in [1.807, 2.05) is 31.2 Å². The molecule has 4 nitrogen and oxygen atoms in total. The van der Waals surface area contributed by atoms with E-state index < -0.39 is 0 Å². The Morgan fingerprint density at radius 2 is 1.62 bits per heavy atom. The molecular weight excluding hydrogens is 264 g/mol. The molecular formula is C17H30N2O2. The van der Waals surface area contributed by atoms with Gasteiger partial charge in [0.05, 0.1) is 6.61 Å². The standard InChI is InChI=1S/C17H30N2O2/c1-5-20-15-6-8-16(9-7-15)21-13-12-19(4)11-10-17(18)14(2)3/h6-9,14,17H,5,10-13,18H2,1-4H3. The van der Waals surface area contributed by atoms with E-state index >= 15 is 0 Å². The molecule has 0 fully saturated rings. The van der Waals surface area contributed by atoms with Crippen molar-refractivity contribution in [3.05, 3.63) is 24.3 Å². The van der Waals surface area contributed by atoms with Gasteiger partial charge < -0.3 is 20.1 Å². The van der Waals surface area contributed by atoms with Crippen LogP contribution in [0.1, 0.15) is 27.2 Å². The predicted octanol–water partition coefficient (Wildman–Crippen LogP) is 2.77. The fourth-order valence-electron chi connectivity index (χ4n) is 1.93. The van der Waals surface area contributed by atoms with Gasteiger partial charge in [-0.1, -0.05) is 13.8 Å². The molecule has 0 saturated heterocycles. The molecule has 1 aromatic carbocycles. The van der Waals surface area contributed by atoms with Crippen molar-refractivity contribution in [1.82, 2.24) is 4.90 Å². The molecule has 0 bridgehead atoms. The van der Waals surface area contributed by atoms with Gasteiger partial charge >= 0.3 is 0 Å². The largest absolute Gasteiger partial charge is 0.494 e. The number of benzene rings is 1. The first-order chi connectivity index (χ1) is 10.0. The second-order valence-electron chi connectivity index (χ2n) is 5.75. The minimum absolute atomic E-state index is 0.277. The summed E-state index contributed by atoms with van der Waals surface area (Å²) >= 11 is 0. The maximum Gasteiger partial charge on any atom is 0.119 e. The molecule has 0 saturated carbocycles. The molecule has 0 heterocycles. The monoisotopic (exact) mass is 294 g/mol. The maximum absolute atomic E-state index is 6.05. The van der Waals surface area contributed by atoms with E-state index in [1.54, 1.807) is 0 Å². The van der Waals surface area contributed by atoms with Crippen molar-refractivity contribution in [3.8, 4) is 11.5 Å². The third kappa shape index (κ3) is 7.34. The average Bonchev–Trinajstić information content (AvgIpc) is 2.46. The van der Waals surface area contributed by atoms with Crippen LogP contribution < -0.4 is 15.2 Å². The highest BCUT2D eigenvalue weighted by atomic mass is 16.5. The number of nitrogens with zero attached hydrogens (tertiary/aromatic N) is 1. The lowest BCUT2D eigenvalue weighted by atomic mass is 10.0. The molecule has 1 unspecified atom stereocenters. The van der Waals surface area contributed by atoms with E-state index in [4.69, 9.17) is 15.2 Å². The number of ether oxygens (including phenoxy) is 2. The SMILES string of the molecule is CCOc1ccc(OCCN(C)CCC(N)C(C)C)cc1. The van der Waals surface area contributed by atoms with Crippen LogP contribution in [-0.4, -0.2) is 44.3 Å². The molecule has 0 aromatic heterocycles. The number of hydrogen-bond acceptors (Lipinski definition) is 4. The van der Waals surface area contributed by atoms with Gasteiger partial charge in [-0.25, -0.2) is 0 Å². The highest BCUT2D eigenvalue weighted by Gasteiger charge is 2.08. The summed E-state index contributed by atoms with van der Waals surface area (Å²) in [6.45, 7) is 9.58. The Balaban J connectivity index is 2.20. The normalized spacial score (nSPS) is 12.7. The molecule has 0 amide bonds. The predicted molar refractivity (Wildman–Crippen MR) is 88.0 cm³/mol. The van der Waals surface area contributed by atoms with Gasteiger partial charge in [-0.05, 0) is 57.1 Å². The van der Waals surface area contributed by atoms with Crippen LogP contribution in [-0.2, 0) is 0 Å². The van der Waals surface area contributed by atoms with Crippen molar-refractivity contribution in [2.75, 3.05) is 33.4 Å². The zero-order chi connectivity index (χ0) is 15.7. The van der Waals surface area contributed by atoms with E-state index in [-0.39, 0.29) is 6.04 Å². The molecule has 4 heteroatoms. The second-order valence-corrected chi connectivity index (χ2v) is 5.75. The van der Waals surface area contributed by atoms with Crippen molar-refractivity contribution in [3.63, 3.8) is 0 Å². The molecule has 120 valence electrons. The fourth-order valence-corrected chi connectivity index (χ4v) is 1.93. The van der Waals surface area contributed by atoms with Crippen LogP contribution in [0.15, 0.2) is 24.3 Å². The van der Waals surface area contributed by atoms with E-state index in [9.17, 15) is 0 Å². The Bertz CT molecular complexity index is 379. The van der Waals surface area contributed by atoms with Gasteiger partial charge in [-0.2, -0.15) is 0 Å². The van der Waals surface area contributed by atoms with E-state index in [2.05, 4.69) is 25.8 Å². The first kappa shape index (κ1) is 17.8. The zero-order valence-corrected chi connectivity index (χ0v) is 13.8. The summed E-state index contributed by atoms with van der Waals surface area (Å²) in [5.74, 6) is 2.30. The molecule has 1 atom stereocenters. The highest BCUT2D eigenvalue weighted by molar-refractivity contribution is 5.31. The van der Waals surface area contributed by atoms with Crippen LogP contribution in [0.25, 0.3) is 0 Å². The Kier molecular flexibility index (Phi) is 8.16. The maximum atomic E-state index is 6.05. The number of hydrogen-bond donors (Lipinski definition) is 1. The molecule has 0 aliphatic heterocycles. The Morgan fingerprint density at radius 3 is 2.14 bits per heavy atom. The van der Waals surface area contributed by atoms with Gasteiger partial charge in [0.1, 0.15) is 18.1 Å². The number of likely N-dealkylation sites (N-methyl/N-ethyl adjacent to an activating group) is 1. The quantitative estimate of drug-likeness (QED) is 0.721. The van der Waals surface area contributed by atoms with Gasteiger partial charge in [0.25, 0.3) is 0 Å². The average molecular weight is 294 g/mol. The van der Waals surface area contributed by atoms with Gasteiger partial charge in [0.2, 0.25) is 0 Å². The Labute approximate surface area is 129 Å². The number of rotatable bonds is 10. The minimum atomic E-state index is 0.277. The lowest BCUT2D eigenvalue weighted by molar-refractivity contribution is 0.228. The summed E-state index contributed by atoms with van der Waals surface area (Å²) in [5, 5.41) is 0. The summed E-state index contributed by atoms with van der Waals surface area (Å²) in [6.07, 6.45) is 1.03. The van der Waals surface area contributed by atoms with Gasteiger partial charge in [-0.3, -0.25) is 0 Å². The molecule has 1 rings (SSSR count). The minimum Gasteiger partial charge on any atom is -0.494 e. The summed E-state index contributed by atoms with van der Waals surface area (Å²) < 4.78 is 11.1. The van der Waals surface area contributed by atoms with Crippen molar-refractivity contribution in [2.45, 2.75) is 33.2 Å². The Hall–Kier alpha value is -1.26. The van der Waals surface area contributed by atoms with Crippen LogP contribution >= 0.6 is 0 Å². The topological polar surface area (TPSA) is 47.7 Å². The van der Waals surface area contributed by atoms with Gasteiger partial charge in [-0.15, -0.1) is 0 Å². The van der Waals surface area contributed by atoms with Crippen LogP contribution in [0.5, 0.6) is 11.5 Å². The first-order valence-corrected chi connectivity index (χ1v) is 7.82. The van der Waals surface area contributed by atoms with Crippen LogP contribution in [0.2, 0.25) is 0 Å². The second kappa shape index (κ2) is 9.64. The van der Waals surface area contributed by atoms with Crippen molar-refractivity contribution in [1.29, 1.82) is 0 Å². The summed E-state index contributed by atoms with van der Waals surface area (Å²) in [6, 6.07) is 8.03. The van der Waals surface area contributed by atoms with Crippen molar-refractivity contribution in [2.24, 2.45) is 11.7 Å². The number of nitrogens with two attached hydrogens (primary N) is 1. The molecule has 21 heavy (non-hydrogen) atoms. The van der Waals surface area contributed by atoms with E-state index in [0.29, 0.717) is 19.1 Å². The zero-order valence-electron chi connectivity index (χ0n) is 13.8. The van der Waals surface area contributed by atoms with Crippen molar-refractivity contribution >= 4 is 0 Å². The smallest absolute Gasteiger partial charge is 0.119 e. The lowest BCUT2D eigenvalue weighted by Gasteiger charge is -2.21. The molecule has 0 aliphatic rings. The highest BCUT2D eigenvalue weighted by Crippen LogP contribution is 2.17. The molecule has 0 radical (unpaired) electrons. The first-order valence-electron chi connectivity index (χ1n) is 7.82. The van der Waals surface area contributed by atoms with Crippen LogP contribution in [0.4, 0.5) is 0 Å². The van der Waals surface area contributed by atoms with Crippen LogP contribution in [0, 0.1) is 5.92 Å². The van der Waals surface area contributed by atoms with E-state index in [1.165, 1.54) is 0 Å². The Morgan fingerprint density at radius 1 is 1.05 bits per heavy atom. The molecule has 2 N–H and O–H groups in total. The van der Waals surface area contributed by atoms with Gasteiger partial charge in [0, 0.05) is 12.6 Å². The summed E-state index contributed by atoms with van der Waals surface area (Å²) in [7, 11) is 2.11. The van der Waals surface area contributed by atoms with Crippen molar-refractivity contribution < 1.29 is 9.47 Å². The molecule has 1 aromatic rings. The summed E-state index contributed by atoms with van der Waals surface area (Å²) in [5.41, 5.74) is 6.05. The third-order valence-corrected chi connectivity index (χ3v) is 3.58. The summed E-state index contributed by atoms with van der Waals surface area (Å²) in [4.78, 5) is 2.26. The third-order valence-electron chi connectivity index (χ3n) is 3.58. The molecule has 0 spiro atoms. The molecule has 0 aliphatic carbocycles. The van der Waals surface area contributed by atoms with Crippen LogP contribution in [0.3, 0.4) is 0 Å². The van der Waals surface area contributed by atoms with Gasteiger partial charge in [0.15, 0.2) is 0 Å². The fraction of sp³-hybridized carbons (Fsp3) is 0.647. The lowest BCUT2D eigenvalue weighted by Crippen LogP contribution is -2.33. The van der Waals surface area contributed by atoms with E-state index in [0.717, 1.165) is 31.0 Å².